The molecule has 0 spiro atoms. The highest BCUT2D eigenvalue weighted by atomic mass is 31.2. The molecule has 0 fully saturated rings. The Morgan fingerprint density at radius 2 is 2.06 bits per heavy atom. The molecule has 0 aliphatic rings. The fourth-order valence-electron chi connectivity index (χ4n) is 0.830. The van der Waals surface area contributed by atoms with Gasteiger partial charge in [0, 0.05) is 6.54 Å². The Morgan fingerprint density at radius 3 is 2.47 bits per heavy atom. The first-order valence-electron chi connectivity index (χ1n) is 4.47. The number of nitrogens with two attached hydrogens (primary N) is 1. The lowest BCUT2D eigenvalue weighted by Crippen LogP contribution is -2.41. The van der Waals surface area contributed by atoms with E-state index in [1.165, 1.54) is 0 Å². The number of hydrogen-bond acceptors (Lipinski definition) is 5. The number of carbonyl (C=O) groups is 1. The first kappa shape index (κ1) is 15.8. The molecule has 0 saturated heterocycles. The van der Waals surface area contributed by atoms with Crippen molar-refractivity contribution in [2.24, 2.45) is 10.7 Å². The summed E-state index contributed by atoms with van der Waals surface area (Å²) >= 11 is 0. The highest BCUT2D eigenvalue weighted by Gasteiger charge is 2.15. The molecule has 0 aromatic rings. The van der Waals surface area contributed by atoms with Crippen LogP contribution in [0.25, 0.3) is 0 Å². The Balaban J connectivity index is 3.94. The summed E-state index contributed by atoms with van der Waals surface area (Å²) in [5.41, 5.74) is 5.12. The quantitative estimate of drug-likeness (QED) is 0.110. The topological polar surface area (TPSA) is 178 Å². The van der Waals surface area contributed by atoms with Crippen molar-refractivity contribution in [3.05, 3.63) is 0 Å². The second-order valence-electron chi connectivity index (χ2n) is 2.95. The third-order valence-electron chi connectivity index (χ3n) is 1.53. The Kier molecular flexibility index (Phi) is 6.69. The molecule has 1 atom stereocenters. The SMILES string of the molecule is NC(=NCCN[C@@H](CO)C(=O)O)NP(=O)(O)O. The Morgan fingerprint density at radius 1 is 1.47 bits per heavy atom. The van der Waals surface area contributed by atoms with Gasteiger partial charge in [-0.2, -0.15) is 0 Å². The standard InChI is InChI=1S/C6H15N4O6P/c7-6(10-17(14,15)16)9-2-1-8-4(3-11)5(12)13/h4,8,11H,1-3H2,(H,12,13)(H5,7,9,10,14,15,16)/t4-/m0/s1. The van der Waals surface area contributed by atoms with Crippen molar-refractivity contribution in [2.45, 2.75) is 6.04 Å². The van der Waals surface area contributed by atoms with Crippen molar-refractivity contribution in [1.82, 2.24) is 10.4 Å². The number of aliphatic imine (C=N–C) groups is 1. The lowest BCUT2D eigenvalue weighted by atomic mass is 10.3. The normalized spacial score (nSPS) is 14.4. The Bertz CT molecular complexity index is 328. The molecule has 0 radical (unpaired) electrons. The smallest absolute Gasteiger partial charge is 0.429 e. The molecular weight excluding hydrogens is 255 g/mol. The zero-order chi connectivity index (χ0) is 13.5. The largest absolute Gasteiger partial charge is 0.480 e. The molecule has 100 valence electrons. The predicted octanol–water partition coefficient (Wildman–Crippen LogP) is -2.98. The van der Waals surface area contributed by atoms with Crippen LogP contribution in [0.4, 0.5) is 0 Å². The molecule has 10 nitrogen and oxygen atoms in total. The van der Waals surface area contributed by atoms with E-state index in [1.807, 2.05) is 0 Å². The molecule has 8 N–H and O–H groups in total. The lowest BCUT2D eigenvalue weighted by Gasteiger charge is -2.10. The minimum Gasteiger partial charge on any atom is -0.480 e. The van der Waals surface area contributed by atoms with E-state index in [2.05, 4.69) is 10.3 Å². The van der Waals surface area contributed by atoms with E-state index in [4.69, 9.17) is 25.7 Å². The molecule has 0 amide bonds. The van der Waals surface area contributed by atoms with Gasteiger partial charge in [-0.3, -0.25) is 14.9 Å². The van der Waals surface area contributed by atoms with Gasteiger partial charge >= 0.3 is 13.7 Å². The number of aliphatic hydroxyl groups excluding tert-OH is 1. The number of guanidine groups is 1. The molecule has 0 aliphatic carbocycles. The van der Waals surface area contributed by atoms with Gasteiger partial charge in [0.2, 0.25) is 0 Å². The van der Waals surface area contributed by atoms with Crippen LogP contribution in [0.15, 0.2) is 4.99 Å². The predicted molar refractivity (Wildman–Crippen MR) is 58.2 cm³/mol. The Hall–Kier alpha value is -1.19. The van der Waals surface area contributed by atoms with Crippen molar-refractivity contribution >= 4 is 19.7 Å². The first-order chi connectivity index (χ1) is 7.76. The highest BCUT2D eigenvalue weighted by molar-refractivity contribution is 7.50. The molecule has 17 heavy (non-hydrogen) atoms. The van der Waals surface area contributed by atoms with E-state index in [0.29, 0.717) is 0 Å². The number of hydrogen-bond donors (Lipinski definition) is 7. The van der Waals surface area contributed by atoms with Gasteiger partial charge in [-0.1, -0.05) is 0 Å². The summed E-state index contributed by atoms with van der Waals surface area (Å²) in [4.78, 5) is 30.9. The second kappa shape index (κ2) is 7.20. The lowest BCUT2D eigenvalue weighted by molar-refractivity contribution is -0.140. The molecule has 11 heteroatoms. The van der Waals surface area contributed by atoms with Crippen LogP contribution in [-0.4, -0.2) is 57.7 Å². The van der Waals surface area contributed by atoms with Crippen molar-refractivity contribution in [3.63, 3.8) is 0 Å². The van der Waals surface area contributed by atoms with Crippen LogP contribution in [0.5, 0.6) is 0 Å². The van der Waals surface area contributed by atoms with E-state index in [1.54, 1.807) is 5.09 Å². The molecule has 0 unspecified atom stereocenters. The monoisotopic (exact) mass is 270 g/mol. The summed E-state index contributed by atoms with van der Waals surface area (Å²) in [7, 11) is -4.47. The third kappa shape index (κ3) is 8.60. The van der Waals surface area contributed by atoms with Gasteiger partial charge in [-0.15, -0.1) is 0 Å². The molecular formula is C6H15N4O6P. The van der Waals surface area contributed by atoms with Gasteiger partial charge in [-0.25, -0.2) is 4.57 Å². The Labute approximate surface area is 96.8 Å². The average molecular weight is 270 g/mol. The molecule has 0 bridgehead atoms. The zero-order valence-corrected chi connectivity index (χ0v) is 9.67. The number of nitrogens with zero attached hydrogens (tertiary/aromatic N) is 1. The van der Waals surface area contributed by atoms with Crippen LogP contribution >= 0.6 is 7.75 Å². The molecule has 0 saturated carbocycles. The highest BCUT2D eigenvalue weighted by Crippen LogP contribution is 2.27. The number of aliphatic hydroxyl groups is 1. The van der Waals surface area contributed by atoms with Crippen molar-refractivity contribution in [3.8, 4) is 0 Å². The number of carboxylic acid groups (broad SMARTS) is 1. The zero-order valence-electron chi connectivity index (χ0n) is 8.78. The van der Waals surface area contributed by atoms with Crippen molar-refractivity contribution in [1.29, 1.82) is 0 Å². The molecule has 0 rings (SSSR count). The number of aliphatic carboxylic acids is 1. The van der Waals surface area contributed by atoms with Crippen LogP contribution in [0.2, 0.25) is 0 Å². The average Bonchev–Trinajstić information content (AvgIpc) is 2.14. The van der Waals surface area contributed by atoms with E-state index >= 15 is 0 Å². The maximum atomic E-state index is 10.4. The molecule has 0 heterocycles. The van der Waals surface area contributed by atoms with Crippen molar-refractivity contribution < 1.29 is 29.4 Å². The summed E-state index contributed by atoms with van der Waals surface area (Å²) in [5.74, 6) is -1.66. The summed E-state index contributed by atoms with van der Waals surface area (Å²) in [6.45, 7) is -0.487. The van der Waals surface area contributed by atoms with Gasteiger partial charge in [0.05, 0.1) is 13.2 Å². The molecule has 0 aromatic carbocycles. The fraction of sp³-hybridized carbons (Fsp3) is 0.667. The fourth-order valence-corrected chi connectivity index (χ4v) is 1.20. The van der Waals surface area contributed by atoms with E-state index in [-0.39, 0.29) is 13.1 Å². The summed E-state index contributed by atoms with van der Waals surface area (Å²) in [5, 5.41) is 21.3. The van der Waals surface area contributed by atoms with Gasteiger partial charge in [0.1, 0.15) is 6.04 Å². The van der Waals surface area contributed by atoms with E-state index in [9.17, 15) is 9.36 Å². The summed E-state index contributed by atoms with van der Waals surface area (Å²) in [6, 6.07) is -1.11. The van der Waals surface area contributed by atoms with Crippen LogP contribution < -0.4 is 16.1 Å². The van der Waals surface area contributed by atoms with Crippen LogP contribution in [0.3, 0.4) is 0 Å². The maximum absolute atomic E-state index is 10.4. The summed E-state index contributed by atoms with van der Waals surface area (Å²) < 4.78 is 10.4. The van der Waals surface area contributed by atoms with Gasteiger partial charge in [0.15, 0.2) is 5.96 Å². The number of nitrogens with one attached hydrogen (secondary N) is 2. The number of rotatable bonds is 7. The minimum absolute atomic E-state index is 0.00259. The van der Waals surface area contributed by atoms with Crippen molar-refractivity contribution in [2.75, 3.05) is 19.7 Å². The van der Waals surface area contributed by atoms with Gasteiger partial charge in [0.25, 0.3) is 0 Å². The van der Waals surface area contributed by atoms with E-state index in [0.717, 1.165) is 0 Å². The van der Waals surface area contributed by atoms with E-state index < -0.39 is 32.3 Å². The molecule has 0 aromatic heterocycles. The maximum Gasteiger partial charge on any atom is 0.429 e. The summed E-state index contributed by atoms with van der Waals surface area (Å²) in [6.07, 6.45) is 0. The molecule has 0 aliphatic heterocycles. The van der Waals surface area contributed by atoms with Crippen LogP contribution in [0, 0.1) is 0 Å². The third-order valence-corrected chi connectivity index (χ3v) is 2.05. The van der Waals surface area contributed by atoms with Crippen LogP contribution in [-0.2, 0) is 9.36 Å². The first-order valence-corrected chi connectivity index (χ1v) is 6.08. The van der Waals surface area contributed by atoms with Gasteiger partial charge in [-0.05, 0) is 0 Å². The number of carboxylic acids is 1. The van der Waals surface area contributed by atoms with Gasteiger partial charge < -0.3 is 31.1 Å². The second-order valence-corrected chi connectivity index (χ2v) is 4.26. The minimum atomic E-state index is -4.47. The van der Waals surface area contributed by atoms with Crippen LogP contribution in [0.1, 0.15) is 0 Å².